The van der Waals surface area contributed by atoms with Crippen LogP contribution >= 0.6 is 11.3 Å². The molecule has 1 aliphatic rings. The highest BCUT2D eigenvalue weighted by molar-refractivity contribution is 7.17. The number of halogens is 1. The fourth-order valence-corrected chi connectivity index (χ4v) is 4.68. The van der Waals surface area contributed by atoms with Crippen LogP contribution in [0.4, 0.5) is 9.39 Å². The molecule has 0 aliphatic heterocycles. The highest BCUT2D eigenvalue weighted by atomic mass is 32.1. The SMILES string of the molecule is NC(=O)c1c(NC(=O)COC(=O)c2ccc(COc3ccc(F)cc3)o2)sc2c1CCC2. The van der Waals surface area contributed by atoms with E-state index in [1.165, 1.54) is 47.7 Å². The molecule has 0 spiro atoms. The van der Waals surface area contributed by atoms with Gasteiger partial charge in [0.25, 0.3) is 11.8 Å². The number of rotatable bonds is 8. The summed E-state index contributed by atoms with van der Waals surface area (Å²) in [6, 6.07) is 8.41. The summed E-state index contributed by atoms with van der Waals surface area (Å²) in [6.07, 6.45) is 2.55. The maximum absolute atomic E-state index is 12.9. The van der Waals surface area contributed by atoms with E-state index in [0.29, 0.717) is 22.1 Å². The van der Waals surface area contributed by atoms with Gasteiger partial charge in [0, 0.05) is 4.88 Å². The van der Waals surface area contributed by atoms with Crippen molar-refractivity contribution in [2.24, 2.45) is 5.73 Å². The van der Waals surface area contributed by atoms with E-state index in [0.717, 1.165) is 29.7 Å². The van der Waals surface area contributed by atoms with Gasteiger partial charge in [-0.15, -0.1) is 11.3 Å². The molecule has 2 heterocycles. The van der Waals surface area contributed by atoms with Crippen molar-refractivity contribution in [3.05, 3.63) is 69.7 Å². The van der Waals surface area contributed by atoms with Gasteiger partial charge in [0.05, 0.1) is 5.56 Å². The van der Waals surface area contributed by atoms with Crippen LogP contribution in [0.2, 0.25) is 0 Å². The number of fused-ring (bicyclic) bond motifs is 1. The minimum atomic E-state index is -0.822. The quantitative estimate of drug-likeness (QED) is 0.499. The maximum atomic E-state index is 12.9. The van der Waals surface area contributed by atoms with Gasteiger partial charge in [-0.3, -0.25) is 9.59 Å². The molecule has 0 unspecified atom stereocenters. The van der Waals surface area contributed by atoms with Crippen LogP contribution in [0.5, 0.6) is 5.75 Å². The number of nitrogens with two attached hydrogens (primary N) is 1. The molecule has 0 saturated heterocycles. The molecule has 2 aromatic heterocycles. The first-order valence-electron chi connectivity index (χ1n) is 9.79. The summed E-state index contributed by atoms with van der Waals surface area (Å²) < 4.78 is 28.7. The number of aryl methyl sites for hydroxylation is 1. The molecule has 1 aromatic carbocycles. The van der Waals surface area contributed by atoms with Crippen molar-refractivity contribution >= 4 is 34.1 Å². The fraction of sp³-hybridized carbons (Fsp3) is 0.227. The number of amides is 2. The molecule has 10 heteroatoms. The smallest absolute Gasteiger partial charge is 0.374 e. The average molecular weight is 458 g/mol. The Labute approximate surface area is 186 Å². The number of benzene rings is 1. The Morgan fingerprint density at radius 2 is 1.91 bits per heavy atom. The number of hydrogen-bond donors (Lipinski definition) is 2. The lowest BCUT2D eigenvalue weighted by atomic mass is 10.1. The molecule has 0 saturated carbocycles. The Morgan fingerprint density at radius 3 is 2.66 bits per heavy atom. The number of esters is 1. The molecule has 3 aromatic rings. The van der Waals surface area contributed by atoms with Gasteiger partial charge in [-0.05, 0) is 61.2 Å². The number of hydrogen-bond acceptors (Lipinski definition) is 7. The second-order valence-corrected chi connectivity index (χ2v) is 8.16. The largest absolute Gasteiger partial charge is 0.486 e. The van der Waals surface area contributed by atoms with Gasteiger partial charge in [0.2, 0.25) is 5.76 Å². The van der Waals surface area contributed by atoms with Crippen LogP contribution in [-0.2, 0) is 29.0 Å². The van der Waals surface area contributed by atoms with Gasteiger partial charge in [-0.25, -0.2) is 9.18 Å². The van der Waals surface area contributed by atoms with E-state index in [1.807, 2.05) is 0 Å². The Morgan fingerprint density at radius 1 is 1.12 bits per heavy atom. The summed E-state index contributed by atoms with van der Waals surface area (Å²) in [6.45, 7) is -0.528. The van der Waals surface area contributed by atoms with E-state index in [9.17, 15) is 18.8 Å². The Balaban J connectivity index is 1.29. The minimum absolute atomic E-state index is 0.0261. The lowest BCUT2D eigenvalue weighted by Gasteiger charge is -2.06. The number of nitrogens with one attached hydrogen (secondary N) is 1. The van der Waals surface area contributed by atoms with Crippen molar-refractivity contribution in [2.45, 2.75) is 25.9 Å². The summed E-state index contributed by atoms with van der Waals surface area (Å²) in [5.41, 5.74) is 6.69. The predicted octanol–water partition coefficient (Wildman–Crippen LogP) is 3.44. The summed E-state index contributed by atoms with van der Waals surface area (Å²) >= 11 is 1.32. The van der Waals surface area contributed by atoms with Crippen molar-refractivity contribution in [1.82, 2.24) is 0 Å². The lowest BCUT2D eigenvalue weighted by molar-refractivity contribution is -0.119. The topological polar surface area (TPSA) is 121 Å². The standard InChI is InChI=1S/C22H19FN2O6S/c23-12-4-6-13(7-5-12)29-10-14-8-9-16(31-14)22(28)30-11-18(26)25-21-19(20(24)27)15-2-1-3-17(15)32-21/h4-9H,1-3,10-11H2,(H2,24,27)(H,25,26). The third-order valence-corrected chi connectivity index (χ3v) is 6.02. The van der Waals surface area contributed by atoms with Crippen molar-refractivity contribution in [3.63, 3.8) is 0 Å². The highest BCUT2D eigenvalue weighted by Gasteiger charge is 2.26. The monoisotopic (exact) mass is 458 g/mol. The van der Waals surface area contributed by atoms with Gasteiger partial charge < -0.3 is 24.9 Å². The molecule has 0 radical (unpaired) electrons. The second kappa shape index (κ2) is 9.23. The van der Waals surface area contributed by atoms with Gasteiger partial charge in [-0.2, -0.15) is 0 Å². The van der Waals surface area contributed by atoms with Crippen LogP contribution in [0.1, 0.15) is 43.5 Å². The molecule has 0 bridgehead atoms. The molecule has 1 aliphatic carbocycles. The van der Waals surface area contributed by atoms with Crippen LogP contribution in [0.25, 0.3) is 0 Å². The zero-order valence-corrected chi connectivity index (χ0v) is 17.6. The van der Waals surface area contributed by atoms with Gasteiger partial charge in [0.1, 0.15) is 28.9 Å². The van der Waals surface area contributed by atoms with Gasteiger partial charge in [0.15, 0.2) is 6.61 Å². The van der Waals surface area contributed by atoms with E-state index in [-0.39, 0.29) is 18.2 Å². The third kappa shape index (κ3) is 4.80. The molecule has 3 N–H and O–H groups in total. The number of carbonyl (C=O) groups is 3. The van der Waals surface area contributed by atoms with Crippen LogP contribution in [0.15, 0.2) is 40.8 Å². The van der Waals surface area contributed by atoms with Gasteiger partial charge >= 0.3 is 5.97 Å². The Kier molecular flexibility index (Phi) is 6.22. The normalized spacial score (nSPS) is 12.3. The molecule has 0 atom stereocenters. The number of thiophene rings is 1. The summed E-state index contributed by atoms with van der Waals surface area (Å²) in [7, 11) is 0. The molecule has 4 rings (SSSR count). The zero-order chi connectivity index (χ0) is 22.7. The van der Waals surface area contributed by atoms with E-state index >= 15 is 0 Å². The number of anilines is 1. The maximum Gasteiger partial charge on any atom is 0.374 e. The molecule has 32 heavy (non-hydrogen) atoms. The highest BCUT2D eigenvalue weighted by Crippen LogP contribution is 2.38. The number of primary amides is 1. The lowest BCUT2D eigenvalue weighted by Crippen LogP contribution is -2.22. The first-order chi connectivity index (χ1) is 15.4. The first kappa shape index (κ1) is 21.6. The molecular formula is C22H19FN2O6S. The Bertz CT molecular complexity index is 1170. The van der Waals surface area contributed by atoms with Crippen LogP contribution < -0.4 is 15.8 Å². The van der Waals surface area contributed by atoms with E-state index < -0.39 is 24.4 Å². The second-order valence-electron chi connectivity index (χ2n) is 7.06. The van der Waals surface area contributed by atoms with E-state index in [2.05, 4.69) is 5.32 Å². The third-order valence-electron chi connectivity index (χ3n) is 4.81. The summed E-state index contributed by atoms with van der Waals surface area (Å²) in [5, 5.41) is 2.98. The Hall–Kier alpha value is -3.66. The predicted molar refractivity (Wildman–Crippen MR) is 113 cm³/mol. The first-order valence-corrected chi connectivity index (χ1v) is 10.6. The van der Waals surface area contributed by atoms with Gasteiger partial charge in [-0.1, -0.05) is 0 Å². The van der Waals surface area contributed by atoms with Crippen molar-refractivity contribution in [2.75, 3.05) is 11.9 Å². The summed E-state index contributed by atoms with van der Waals surface area (Å²) in [5.74, 6) is -1.68. The van der Waals surface area contributed by atoms with Crippen LogP contribution in [0.3, 0.4) is 0 Å². The molecule has 0 fully saturated rings. The van der Waals surface area contributed by atoms with Crippen LogP contribution in [-0.4, -0.2) is 24.4 Å². The van der Waals surface area contributed by atoms with E-state index in [1.54, 1.807) is 0 Å². The molecule has 166 valence electrons. The van der Waals surface area contributed by atoms with Crippen LogP contribution in [0, 0.1) is 5.82 Å². The van der Waals surface area contributed by atoms with E-state index in [4.69, 9.17) is 19.6 Å². The fourth-order valence-electron chi connectivity index (χ4n) is 3.37. The number of furan rings is 1. The van der Waals surface area contributed by atoms with Crippen molar-refractivity contribution in [1.29, 1.82) is 0 Å². The average Bonchev–Trinajstić information content (AvgIpc) is 3.47. The molecule has 2 amide bonds. The number of ether oxygens (including phenoxy) is 2. The minimum Gasteiger partial charge on any atom is -0.486 e. The molecular weight excluding hydrogens is 439 g/mol. The van der Waals surface area contributed by atoms with Crippen molar-refractivity contribution in [3.8, 4) is 5.75 Å². The zero-order valence-electron chi connectivity index (χ0n) is 16.8. The van der Waals surface area contributed by atoms with Crippen molar-refractivity contribution < 1.29 is 32.7 Å². The number of carbonyl (C=O) groups excluding carboxylic acids is 3. The summed E-state index contributed by atoms with van der Waals surface area (Å²) in [4.78, 5) is 37.2. The molecule has 8 nitrogen and oxygen atoms in total.